The number of phenolic OH excluding ortho intramolecular Hbond substituents is 1. The Kier molecular flexibility index (Phi) is 8.47. The lowest BCUT2D eigenvalue weighted by Crippen LogP contribution is -2.33. The van der Waals surface area contributed by atoms with E-state index in [0.717, 1.165) is 18.5 Å². The molecule has 0 bridgehead atoms. The minimum absolute atomic E-state index is 0.0115. The Bertz CT molecular complexity index is 1020. The number of nitrogens with zero attached hydrogens (tertiary/aromatic N) is 1. The Hall–Kier alpha value is -3.60. The van der Waals surface area contributed by atoms with Crippen molar-refractivity contribution >= 4 is 24.1 Å². The van der Waals surface area contributed by atoms with Crippen LogP contribution in [0.15, 0.2) is 18.2 Å². The van der Waals surface area contributed by atoms with Crippen LogP contribution in [0, 0.1) is 0 Å². The number of carbonyl (C=O) groups is 3. The fraction of sp³-hybridized carbons (Fsp3) is 0.478. The van der Waals surface area contributed by atoms with Crippen LogP contribution in [0.3, 0.4) is 0 Å². The van der Waals surface area contributed by atoms with Crippen LogP contribution in [0.1, 0.15) is 60.6 Å². The molecule has 0 aliphatic heterocycles. The molecule has 34 heavy (non-hydrogen) atoms. The third-order valence-corrected chi connectivity index (χ3v) is 5.34. The number of aromatic nitrogens is 2. The number of anilines is 1. The number of nitrogens with one attached hydrogen (secondary N) is 3. The number of amides is 2. The highest BCUT2D eigenvalue weighted by molar-refractivity contribution is 5.91. The van der Waals surface area contributed by atoms with Gasteiger partial charge in [0.15, 0.2) is 18.7 Å². The number of H-pyrrole nitrogens is 1. The number of hydrogen-bond acceptors (Lipinski definition) is 8. The van der Waals surface area contributed by atoms with Crippen molar-refractivity contribution in [1.82, 2.24) is 15.5 Å². The largest absolute Gasteiger partial charge is 0.507 e. The number of hydrogen-bond donors (Lipinski definition) is 4. The van der Waals surface area contributed by atoms with E-state index in [2.05, 4.69) is 20.8 Å². The maximum absolute atomic E-state index is 12.3. The molecule has 2 amide bonds. The van der Waals surface area contributed by atoms with E-state index in [9.17, 15) is 19.5 Å². The van der Waals surface area contributed by atoms with Gasteiger partial charge in [0.2, 0.25) is 0 Å². The summed E-state index contributed by atoms with van der Waals surface area (Å²) in [5.41, 5.74) is 1.39. The highest BCUT2D eigenvalue weighted by Gasteiger charge is 2.30. The van der Waals surface area contributed by atoms with Crippen LogP contribution >= 0.6 is 0 Å². The molecule has 184 valence electrons. The normalized spacial score (nSPS) is 17.4. The molecule has 1 aliphatic rings. The Morgan fingerprint density at radius 1 is 1.29 bits per heavy atom. The number of alkyl carbamates (subject to hydrolysis) is 1. The molecule has 2 aromatic rings. The number of methoxy groups -OCH3 is 1. The zero-order chi connectivity index (χ0) is 24.7. The van der Waals surface area contributed by atoms with E-state index < -0.39 is 12.0 Å². The van der Waals surface area contributed by atoms with Gasteiger partial charge in [-0.3, -0.25) is 14.7 Å². The number of aromatic hydroxyl groups is 1. The lowest BCUT2D eigenvalue weighted by molar-refractivity contribution is -0.118. The number of aldehydes is 1. The zero-order valence-corrected chi connectivity index (χ0v) is 19.4. The smallest absolute Gasteiger partial charge is 0.407 e. The van der Waals surface area contributed by atoms with Crippen LogP contribution in [-0.4, -0.2) is 59.5 Å². The summed E-state index contributed by atoms with van der Waals surface area (Å²) < 4.78 is 15.9. The van der Waals surface area contributed by atoms with Gasteiger partial charge in [-0.25, -0.2) is 4.79 Å². The second kappa shape index (κ2) is 11.5. The monoisotopic (exact) mass is 474 g/mol. The molecule has 2 atom stereocenters. The predicted molar refractivity (Wildman–Crippen MR) is 122 cm³/mol. The molecule has 0 spiro atoms. The quantitative estimate of drug-likeness (QED) is 0.384. The summed E-state index contributed by atoms with van der Waals surface area (Å²) in [5, 5.41) is 22.4. The van der Waals surface area contributed by atoms with Crippen LogP contribution in [0.5, 0.6) is 11.5 Å². The van der Waals surface area contributed by atoms with Gasteiger partial charge in [-0.2, -0.15) is 5.10 Å². The number of rotatable bonds is 10. The van der Waals surface area contributed by atoms with Crippen LogP contribution in [0.4, 0.5) is 10.6 Å². The SMILES string of the molecule is COCc1cc(O)c(C=O)c(OCC(=O)Nc2cc([C@H]3CC[C@@H](OC(=O)NC(C)C)C3)[nH]n2)c1. The molecule has 0 radical (unpaired) electrons. The molecule has 1 aromatic carbocycles. The van der Waals surface area contributed by atoms with E-state index in [-0.39, 0.29) is 48.3 Å². The third-order valence-electron chi connectivity index (χ3n) is 5.34. The van der Waals surface area contributed by atoms with Gasteiger partial charge < -0.3 is 30.0 Å². The molecule has 11 heteroatoms. The van der Waals surface area contributed by atoms with Gasteiger partial charge in [0.1, 0.15) is 17.6 Å². The second-order valence-electron chi connectivity index (χ2n) is 8.46. The van der Waals surface area contributed by atoms with Crippen molar-refractivity contribution in [3.8, 4) is 11.5 Å². The first-order chi connectivity index (χ1) is 16.3. The maximum Gasteiger partial charge on any atom is 0.407 e. The molecule has 1 fully saturated rings. The zero-order valence-electron chi connectivity index (χ0n) is 19.4. The second-order valence-corrected chi connectivity index (χ2v) is 8.46. The van der Waals surface area contributed by atoms with E-state index >= 15 is 0 Å². The van der Waals surface area contributed by atoms with Crippen molar-refractivity contribution in [2.24, 2.45) is 0 Å². The van der Waals surface area contributed by atoms with Crippen LogP contribution < -0.4 is 15.4 Å². The van der Waals surface area contributed by atoms with Gasteiger partial charge in [0.05, 0.1) is 12.2 Å². The summed E-state index contributed by atoms with van der Waals surface area (Å²) in [4.78, 5) is 35.4. The Balaban J connectivity index is 1.52. The molecular formula is C23H30N4O7. The molecule has 3 rings (SSSR count). The Morgan fingerprint density at radius 2 is 2.09 bits per heavy atom. The molecule has 0 unspecified atom stereocenters. The first-order valence-corrected chi connectivity index (χ1v) is 11.0. The van der Waals surface area contributed by atoms with Crippen LogP contribution in [-0.2, 0) is 20.9 Å². The summed E-state index contributed by atoms with van der Waals surface area (Å²) in [6.07, 6.45) is 2.12. The molecule has 11 nitrogen and oxygen atoms in total. The summed E-state index contributed by atoms with van der Waals surface area (Å²) >= 11 is 0. The topological polar surface area (TPSA) is 152 Å². The highest BCUT2D eigenvalue weighted by atomic mass is 16.6. The first-order valence-electron chi connectivity index (χ1n) is 11.0. The summed E-state index contributed by atoms with van der Waals surface area (Å²) in [5.74, 6) is -0.189. The molecular weight excluding hydrogens is 444 g/mol. The number of ether oxygens (including phenoxy) is 3. The minimum atomic E-state index is -0.482. The van der Waals surface area contributed by atoms with Gasteiger partial charge in [0.25, 0.3) is 5.91 Å². The number of benzene rings is 1. The standard InChI is InChI=1S/C23H30N4O7/c1-13(2)24-23(31)34-16-5-4-15(8-16)18-9-21(27-26-18)25-22(30)12-33-20-7-14(11-32-3)6-19(29)17(20)10-28/h6-7,9-10,13,15-16,29H,4-5,8,11-12H2,1-3H3,(H,24,31)(H2,25,26,27,30)/t15-,16+/m0/s1. The number of aromatic amines is 1. The van der Waals surface area contributed by atoms with Gasteiger partial charge in [-0.05, 0) is 50.8 Å². The van der Waals surface area contributed by atoms with Crippen LogP contribution in [0.25, 0.3) is 0 Å². The van der Waals surface area contributed by atoms with Gasteiger partial charge in [-0.15, -0.1) is 0 Å². The fourth-order valence-electron chi connectivity index (χ4n) is 3.84. The van der Waals surface area contributed by atoms with Gasteiger partial charge in [0, 0.05) is 30.8 Å². The molecule has 4 N–H and O–H groups in total. The van der Waals surface area contributed by atoms with Crippen molar-refractivity contribution in [3.63, 3.8) is 0 Å². The summed E-state index contributed by atoms with van der Waals surface area (Å²) in [6, 6.07) is 4.69. The van der Waals surface area contributed by atoms with Crippen molar-refractivity contribution in [3.05, 3.63) is 35.0 Å². The van der Waals surface area contributed by atoms with E-state index in [4.69, 9.17) is 14.2 Å². The molecule has 1 aliphatic carbocycles. The van der Waals surface area contributed by atoms with E-state index in [0.29, 0.717) is 24.1 Å². The third kappa shape index (κ3) is 6.70. The fourth-order valence-corrected chi connectivity index (χ4v) is 3.84. The lowest BCUT2D eigenvalue weighted by atomic mass is 10.0. The van der Waals surface area contributed by atoms with Crippen molar-refractivity contribution in [2.75, 3.05) is 19.0 Å². The maximum atomic E-state index is 12.3. The van der Waals surface area contributed by atoms with Crippen LogP contribution in [0.2, 0.25) is 0 Å². The number of carbonyl (C=O) groups excluding carboxylic acids is 3. The summed E-state index contributed by atoms with van der Waals surface area (Å²) in [7, 11) is 1.50. The van der Waals surface area contributed by atoms with E-state index in [1.54, 1.807) is 6.07 Å². The van der Waals surface area contributed by atoms with Crippen molar-refractivity contribution in [1.29, 1.82) is 0 Å². The summed E-state index contributed by atoms with van der Waals surface area (Å²) in [6.45, 7) is 3.56. The highest BCUT2D eigenvalue weighted by Crippen LogP contribution is 2.36. The van der Waals surface area contributed by atoms with E-state index in [1.807, 2.05) is 13.8 Å². The predicted octanol–water partition coefficient (Wildman–Crippen LogP) is 2.86. The van der Waals surface area contributed by atoms with Crippen molar-refractivity contribution < 1.29 is 33.7 Å². The minimum Gasteiger partial charge on any atom is -0.507 e. The number of phenols is 1. The van der Waals surface area contributed by atoms with Gasteiger partial charge >= 0.3 is 6.09 Å². The van der Waals surface area contributed by atoms with Gasteiger partial charge in [-0.1, -0.05) is 0 Å². The average molecular weight is 475 g/mol. The average Bonchev–Trinajstić information content (AvgIpc) is 3.41. The Labute approximate surface area is 197 Å². The Morgan fingerprint density at radius 3 is 2.79 bits per heavy atom. The first kappa shape index (κ1) is 25.0. The molecule has 1 saturated carbocycles. The van der Waals surface area contributed by atoms with Crippen molar-refractivity contribution in [2.45, 2.75) is 57.8 Å². The lowest BCUT2D eigenvalue weighted by Gasteiger charge is -2.14. The molecule has 1 heterocycles. The molecule has 0 saturated heterocycles. The van der Waals surface area contributed by atoms with E-state index in [1.165, 1.54) is 19.2 Å². The molecule has 1 aromatic heterocycles.